The van der Waals surface area contributed by atoms with Crippen molar-refractivity contribution in [3.8, 4) is 0 Å². The van der Waals surface area contributed by atoms with E-state index in [1.54, 1.807) is 12.3 Å². The van der Waals surface area contributed by atoms with Crippen LogP contribution in [0.1, 0.15) is 26.7 Å². The molecule has 0 amide bonds. The molecular weight excluding hydrogens is 311 g/mol. The van der Waals surface area contributed by atoms with Crippen LogP contribution >= 0.6 is 0 Å². The number of rotatable bonds is 8. The molecule has 0 fully saturated rings. The lowest BCUT2D eigenvalue weighted by molar-refractivity contribution is 0.420. The highest BCUT2D eigenvalue weighted by molar-refractivity contribution is 7.76. The highest BCUT2D eigenvalue weighted by Crippen LogP contribution is 2.31. The van der Waals surface area contributed by atoms with E-state index in [9.17, 15) is 4.39 Å². The summed E-state index contributed by atoms with van der Waals surface area (Å²) in [7, 11) is 0. The lowest BCUT2D eigenvalue weighted by atomic mass is 9.83. The fourth-order valence-electron chi connectivity index (χ4n) is 2.99. The normalized spacial score (nSPS) is 26.7. The van der Waals surface area contributed by atoms with Gasteiger partial charge in [-0.3, -0.25) is 9.98 Å². The molecule has 0 saturated carbocycles. The van der Waals surface area contributed by atoms with Gasteiger partial charge in [0.15, 0.2) is 0 Å². The summed E-state index contributed by atoms with van der Waals surface area (Å²) >= 11 is 1.28. The molecule has 0 aromatic heterocycles. The average Bonchev–Trinajstić information content (AvgIpc) is 2.94. The molecule has 0 saturated heterocycles. The molecule has 1 aliphatic carbocycles. The molecule has 23 heavy (non-hydrogen) atoms. The zero-order valence-electron chi connectivity index (χ0n) is 13.6. The van der Waals surface area contributed by atoms with Gasteiger partial charge in [-0.2, -0.15) is 0 Å². The Morgan fingerprint density at radius 2 is 2.26 bits per heavy atom. The minimum atomic E-state index is -1.19. The summed E-state index contributed by atoms with van der Waals surface area (Å²) in [6, 6.07) is 0.608. The highest BCUT2D eigenvalue weighted by Gasteiger charge is 2.31. The Labute approximate surface area is 141 Å². The van der Waals surface area contributed by atoms with E-state index in [-0.39, 0.29) is 6.04 Å². The standard InChI is InChI=1S/C17H23FN4S/c1-3-14(10-21-23-4-2)22-15-6-11(5-13-9-20-17(13)15)12-7-16(18)19-8-12/h5,7-9,14-16,21-22H,3-4,6,10H2,1-2H3/p+1. The molecule has 0 spiro atoms. The topological polar surface area (TPSA) is 48.8 Å². The van der Waals surface area contributed by atoms with Crippen LogP contribution in [0.3, 0.4) is 0 Å². The maximum absolute atomic E-state index is 13.3. The van der Waals surface area contributed by atoms with Crippen molar-refractivity contribution >= 4 is 23.9 Å². The number of fused-ring (bicyclic) bond motifs is 1. The van der Waals surface area contributed by atoms with Crippen molar-refractivity contribution in [3.05, 3.63) is 35.1 Å². The first kappa shape index (κ1) is 16.6. The second kappa shape index (κ2) is 7.55. The van der Waals surface area contributed by atoms with Crippen molar-refractivity contribution in [2.75, 3.05) is 12.3 Å². The van der Waals surface area contributed by atoms with Crippen LogP contribution in [0.5, 0.6) is 0 Å². The van der Waals surface area contributed by atoms with E-state index in [2.05, 4.69) is 39.9 Å². The summed E-state index contributed by atoms with van der Waals surface area (Å²) in [4.78, 5) is 8.23. The molecule has 6 heteroatoms. The van der Waals surface area contributed by atoms with E-state index in [1.807, 2.05) is 6.20 Å². The fraction of sp³-hybridized carbons (Fsp3) is 0.529. The molecule has 3 rings (SSSR count). The third-order valence-electron chi connectivity index (χ3n) is 4.30. The Balaban J connectivity index is 1.65. The predicted molar refractivity (Wildman–Crippen MR) is 98.0 cm³/mol. The van der Waals surface area contributed by atoms with E-state index in [1.165, 1.54) is 11.9 Å². The number of nitrogens with one attached hydrogen (secondary N) is 2. The van der Waals surface area contributed by atoms with Crippen molar-refractivity contribution in [2.24, 2.45) is 9.98 Å². The highest BCUT2D eigenvalue weighted by atomic mass is 32.2. The van der Waals surface area contributed by atoms with E-state index < -0.39 is 6.30 Å². The fourth-order valence-corrected chi connectivity index (χ4v) is 3.56. The molecule has 0 radical (unpaired) electrons. The molecule has 2 heterocycles. The molecule has 2 aliphatic heterocycles. The Morgan fingerprint density at radius 1 is 1.39 bits per heavy atom. The summed E-state index contributed by atoms with van der Waals surface area (Å²) in [5, 5.41) is 3.72. The van der Waals surface area contributed by atoms with Gasteiger partial charge in [-0.15, -0.1) is 4.72 Å². The Hall–Kier alpha value is -1.24. The monoisotopic (exact) mass is 335 g/mol. The SMILES string of the molecule is CC[SH+]NCC(CC)NC1CC(C2=CC(F)N=C2)=CC2=CN=C21. The molecular formula is C17H24FN4S+. The molecule has 124 valence electrons. The quantitative estimate of drug-likeness (QED) is 0.309. The number of halogens is 1. The van der Waals surface area contributed by atoms with Crippen LogP contribution in [0.25, 0.3) is 0 Å². The first-order chi connectivity index (χ1) is 11.2. The third-order valence-corrected chi connectivity index (χ3v) is 5.03. The van der Waals surface area contributed by atoms with Crippen molar-refractivity contribution in [3.63, 3.8) is 0 Å². The van der Waals surface area contributed by atoms with Gasteiger partial charge in [0, 0.05) is 24.0 Å². The van der Waals surface area contributed by atoms with Crippen LogP contribution in [0.2, 0.25) is 0 Å². The van der Waals surface area contributed by atoms with Gasteiger partial charge in [-0.05, 0) is 43.1 Å². The first-order valence-corrected chi connectivity index (χ1v) is 9.32. The summed E-state index contributed by atoms with van der Waals surface area (Å²) in [6.45, 7) is 5.31. The summed E-state index contributed by atoms with van der Waals surface area (Å²) < 4.78 is 16.7. The van der Waals surface area contributed by atoms with E-state index in [4.69, 9.17) is 0 Å². The predicted octanol–water partition coefficient (Wildman–Crippen LogP) is 2.04. The molecule has 0 bridgehead atoms. The largest absolute Gasteiger partial charge is 0.304 e. The average molecular weight is 335 g/mol. The first-order valence-electron chi connectivity index (χ1n) is 8.25. The van der Waals surface area contributed by atoms with E-state index in [0.717, 1.165) is 47.6 Å². The lowest BCUT2D eigenvalue weighted by Gasteiger charge is -2.33. The van der Waals surface area contributed by atoms with Gasteiger partial charge in [0.05, 0.1) is 30.2 Å². The molecule has 0 aromatic carbocycles. The van der Waals surface area contributed by atoms with Gasteiger partial charge < -0.3 is 5.32 Å². The number of alkyl halides is 1. The Bertz CT molecular complexity index is 606. The second-order valence-electron chi connectivity index (χ2n) is 5.91. The van der Waals surface area contributed by atoms with E-state index in [0.29, 0.717) is 6.04 Å². The number of nitrogens with zero attached hydrogens (tertiary/aromatic N) is 2. The van der Waals surface area contributed by atoms with Crippen LogP contribution in [-0.4, -0.2) is 42.6 Å². The summed E-state index contributed by atoms with van der Waals surface area (Å²) in [5.74, 6) is 1.12. The zero-order chi connectivity index (χ0) is 16.2. The number of thiol groups is 1. The van der Waals surface area contributed by atoms with E-state index >= 15 is 0 Å². The van der Waals surface area contributed by atoms with Gasteiger partial charge in [0.25, 0.3) is 0 Å². The van der Waals surface area contributed by atoms with Crippen LogP contribution < -0.4 is 10.0 Å². The number of aliphatic imine (C=N–C) groups is 2. The molecule has 4 nitrogen and oxygen atoms in total. The van der Waals surface area contributed by atoms with Gasteiger partial charge in [0.2, 0.25) is 6.30 Å². The molecule has 3 unspecified atom stereocenters. The molecule has 3 aliphatic rings. The van der Waals surface area contributed by atoms with Crippen molar-refractivity contribution in [1.29, 1.82) is 0 Å². The zero-order valence-corrected chi connectivity index (χ0v) is 14.5. The van der Waals surface area contributed by atoms with Crippen molar-refractivity contribution in [1.82, 2.24) is 10.0 Å². The molecule has 3 atom stereocenters. The number of hydrogen-bond donors (Lipinski definition) is 2. The minimum absolute atomic E-state index is 0.202. The van der Waals surface area contributed by atoms with Crippen LogP contribution in [0.15, 0.2) is 45.1 Å². The number of hydrogen-bond acceptors (Lipinski definition) is 4. The maximum atomic E-state index is 13.3. The van der Waals surface area contributed by atoms with Gasteiger partial charge >= 0.3 is 0 Å². The van der Waals surface area contributed by atoms with Crippen LogP contribution in [-0.2, 0) is 11.9 Å². The Kier molecular flexibility index (Phi) is 5.46. The summed E-state index contributed by atoms with van der Waals surface area (Å²) in [5.41, 5.74) is 4.35. The smallest absolute Gasteiger partial charge is 0.209 e. The van der Waals surface area contributed by atoms with Crippen LogP contribution in [0, 0.1) is 0 Å². The minimum Gasteiger partial charge on any atom is -0.304 e. The van der Waals surface area contributed by atoms with Crippen LogP contribution in [0.4, 0.5) is 4.39 Å². The second-order valence-corrected chi connectivity index (χ2v) is 7.17. The maximum Gasteiger partial charge on any atom is 0.209 e. The van der Waals surface area contributed by atoms with Crippen molar-refractivity contribution in [2.45, 2.75) is 45.1 Å². The van der Waals surface area contributed by atoms with Gasteiger partial charge in [-0.1, -0.05) is 6.92 Å². The molecule has 2 N–H and O–H groups in total. The van der Waals surface area contributed by atoms with Crippen molar-refractivity contribution < 1.29 is 4.39 Å². The summed E-state index contributed by atoms with van der Waals surface area (Å²) in [6.07, 6.45) is 7.94. The number of allylic oxidation sites excluding steroid dienone is 2. The Morgan fingerprint density at radius 3 is 2.87 bits per heavy atom. The third kappa shape index (κ3) is 3.82. The van der Waals surface area contributed by atoms with Gasteiger partial charge in [-0.25, -0.2) is 4.39 Å². The van der Waals surface area contributed by atoms with Gasteiger partial charge in [0.1, 0.15) is 5.75 Å². The lowest BCUT2D eigenvalue weighted by Crippen LogP contribution is -2.49. The molecule has 0 aromatic rings.